The van der Waals surface area contributed by atoms with Gasteiger partial charge in [-0.05, 0) is 59.5 Å². The maximum Gasteiger partial charge on any atom is 0.120 e. The van der Waals surface area contributed by atoms with Gasteiger partial charge in [0.25, 0.3) is 0 Å². The molecule has 0 spiro atoms. The highest BCUT2D eigenvalue weighted by atomic mass is 32.1. The second-order valence-electron chi connectivity index (χ2n) is 6.55. The van der Waals surface area contributed by atoms with Crippen LogP contribution in [0.2, 0.25) is 0 Å². The standard InChI is InChI=1S/C17H26N2OS/c1-17(2,20)10-9-15-7-8-16(21-15)13-18(3)12-14-6-5-11-19(14)4/h7-8,14,20H,5-6,11-13H2,1-4H3/t14-/m0/s1. The van der Waals surface area contributed by atoms with E-state index in [9.17, 15) is 5.11 Å². The quantitative estimate of drug-likeness (QED) is 0.865. The van der Waals surface area contributed by atoms with Crippen LogP contribution in [0.4, 0.5) is 0 Å². The van der Waals surface area contributed by atoms with Crippen molar-refractivity contribution in [1.82, 2.24) is 9.80 Å². The summed E-state index contributed by atoms with van der Waals surface area (Å²) in [7, 11) is 4.41. The first-order chi connectivity index (χ1) is 9.83. The lowest BCUT2D eigenvalue weighted by atomic mass is 10.1. The van der Waals surface area contributed by atoms with E-state index in [0.717, 1.165) is 18.0 Å². The molecule has 21 heavy (non-hydrogen) atoms. The third-order valence-electron chi connectivity index (χ3n) is 3.77. The van der Waals surface area contributed by atoms with E-state index in [1.807, 2.05) is 6.07 Å². The van der Waals surface area contributed by atoms with Crippen molar-refractivity contribution >= 4 is 11.3 Å². The van der Waals surface area contributed by atoms with Crippen LogP contribution in [-0.2, 0) is 6.54 Å². The van der Waals surface area contributed by atoms with Gasteiger partial charge in [0, 0.05) is 24.0 Å². The number of aliphatic hydroxyl groups is 1. The Kier molecular flexibility index (Phi) is 5.45. The minimum Gasteiger partial charge on any atom is -0.378 e. The maximum atomic E-state index is 9.63. The van der Waals surface area contributed by atoms with Gasteiger partial charge in [0.15, 0.2) is 0 Å². The molecule has 0 saturated carbocycles. The highest BCUT2D eigenvalue weighted by Crippen LogP contribution is 2.20. The summed E-state index contributed by atoms with van der Waals surface area (Å²) in [5, 5.41) is 9.63. The molecule has 0 unspecified atom stereocenters. The molecule has 1 aromatic heterocycles. The number of thiophene rings is 1. The van der Waals surface area contributed by atoms with E-state index in [-0.39, 0.29) is 0 Å². The summed E-state index contributed by atoms with van der Waals surface area (Å²) in [5.74, 6) is 5.92. The number of nitrogens with zero attached hydrogens (tertiary/aromatic N) is 2. The molecule has 3 nitrogen and oxygen atoms in total. The smallest absolute Gasteiger partial charge is 0.120 e. The summed E-state index contributed by atoms with van der Waals surface area (Å²) in [6.07, 6.45) is 2.64. The molecule has 1 saturated heterocycles. The first-order valence-corrected chi connectivity index (χ1v) is 8.38. The molecule has 0 amide bonds. The Morgan fingerprint density at radius 3 is 2.86 bits per heavy atom. The second-order valence-corrected chi connectivity index (χ2v) is 7.72. The van der Waals surface area contributed by atoms with Crippen molar-refractivity contribution in [3.05, 3.63) is 21.9 Å². The van der Waals surface area contributed by atoms with Crippen molar-refractivity contribution in [1.29, 1.82) is 0 Å². The van der Waals surface area contributed by atoms with Gasteiger partial charge in [-0.1, -0.05) is 11.8 Å². The number of hydrogen-bond acceptors (Lipinski definition) is 4. The van der Waals surface area contributed by atoms with Gasteiger partial charge >= 0.3 is 0 Å². The molecule has 2 rings (SSSR count). The van der Waals surface area contributed by atoms with E-state index in [1.54, 1.807) is 25.2 Å². The lowest BCUT2D eigenvalue weighted by molar-refractivity contribution is 0.143. The third kappa shape index (κ3) is 5.44. The van der Waals surface area contributed by atoms with Crippen LogP contribution in [-0.4, -0.2) is 53.7 Å². The van der Waals surface area contributed by atoms with Crippen molar-refractivity contribution in [3.63, 3.8) is 0 Å². The lowest BCUT2D eigenvalue weighted by Gasteiger charge is -2.25. The van der Waals surface area contributed by atoms with E-state index >= 15 is 0 Å². The Balaban J connectivity index is 1.88. The topological polar surface area (TPSA) is 26.7 Å². The number of likely N-dealkylation sites (N-methyl/N-ethyl adjacent to an activating group) is 2. The minimum absolute atomic E-state index is 0.699. The molecule has 4 heteroatoms. The van der Waals surface area contributed by atoms with E-state index in [4.69, 9.17) is 0 Å². The molecular formula is C17H26N2OS. The number of rotatable bonds is 4. The summed E-state index contributed by atoms with van der Waals surface area (Å²) >= 11 is 1.72. The number of hydrogen-bond donors (Lipinski definition) is 1. The van der Waals surface area contributed by atoms with Gasteiger partial charge in [0.1, 0.15) is 5.60 Å². The monoisotopic (exact) mass is 306 g/mol. The fourth-order valence-electron chi connectivity index (χ4n) is 2.64. The summed E-state index contributed by atoms with van der Waals surface area (Å²) in [6, 6.07) is 4.90. The van der Waals surface area contributed by atoms with Crippen LogP contribution in [0.25, 0.3) is 0 Å². The van der Waals surface area contributed by atoms with E-state index in [1.165, 1.54) is 24.3 Å². The van der Waals surface area contributed by atoms with E-state index in [2.05, 4.69) is 41.8 Å². The summed E-state index contributed by atoms with van der Waals surface area (Å²) in [4.78, 5) is 7.22. The van der Waals surface area contributed by atoms with Gasteiger partial charge in [-0.15, -0.1) is 11.3 Å². The Bertz CT molecular complexity index is 521. The zero-order chi connectivity index (χ0) is 15.5. The molecule has 1 aliphatic heterocycles. The molecule has 1 N–H and O–H groups in total. The predicted octanol–water partition coefficient (Wildman–Crippen LogP) is 2.40. The molecule has 0 radical (unpaired) electrons. The van der Waals surface area contributed by atoms with Crippen molar-refractivity contribution in [2.24, 2.45) is 0 Å². The van der Waals surface area contributed by atoms with E-state index < -0.39 is 5.60 Å². The predicted molar refractivity (Wildman–Crippen MR) is 89.5 cm³/mol. The second kappa shape index (κ2) is 6.93. The molecule has 1 fully saturated rings. The molecule has 116 valence electrons. The average molecular weight is 306 g/mol. The van der Waals surface area contributed by atoms with Crippen LogP contribution in [0, 0.1) is 11.8 Å². The summed E-state index contributed by atoms with van der Waals surface area (Å²) < 4.78 is 0. The SMILES string of the molecule is CN(Cc1ccc(C#CC(C)(C)O)s1)C[C@@H]1CCCN1C. The van der Waals surface area contributed by atoms with Crippen LogP contribution in [0.5, 0.6) is 0 Å². The first-order valence-electron chi connectivity index (χ1n) is 7.56. The van der Waals surface area contributed by atoms with Crippen molar-refractivity contribution in [3.8, 4) is 11.8 Å². The average Bonchev–Trinajstić information content (AvgIpc) is 2.96. The molecule has 1 atom stereocenters. The highest BCUT2D eigenvalue weighted by molar-refractivity contribution is 7.12. The molecular weight excluding hydrogens is 280 g/mol. The lowest BCUT2D eigenvalue weighted by Crippen LogP contribution is -2.36. The van der Waals surface area contributed by atoms with E-state index in [0.29, 0.717) is 6.04 Å². The van der Waals surface area contributed by atoms with Crippen LogP contribution in [0.3, 0.4) is 0 Å². The van der Waals surface area contributed by atoms with Crippen LogP contribution < -0.4 is 0 Å². The fourth-order valence-corrected chi connectivity index (χ4v) is 3.59. The summed E-state index contributed by atoms with van der Waals surface area (Å²) in [5.41, 5.74) is -0.923. The molecule has 0 bridgehead atoms. The van der Waals surface area contributed by atoms with Crippen molar-refractivity contribution < 1.29 is 5.11 Å². The van der Waals surface area contributed by atoms with Gasteiger partial charge in [0.05, 0.1) is 4.88 Å². The first kappa shape index (κ1) is 16.5. The van der Waals surface area contributed by atoms with Gasteiger partial charge in [-0.3, -0.25) is 4.90 Å². The molecule has 0 aromatic carbocycles. The normalized spacial score (nSPS) is 19.8. The van der Waals surface area contributed by atoms with Crippen LogP contribution >= 0.6 is 11.3 Å². The van der Waals surface area contributed by atoms with Gasteiger partial charge < -0.3 is 10.0 Å². The highest BCUT2D eigenvalue weighted by Gasteiger charge is 2.22. The molecule has 1 aliphatic rings. The van der Waals surface area contributed by atoms with Gasteiger partial charge in [-0.2, -0.15) is 0 Å². The molecule has 1 aromatic rings. The van der Waals surface area contributed by atoms with Crippen LogP contribution in [0.1, 0.15) is 36.4 Å². The van der Waals surface area contributed by atoms with Crippen molar-refractivity contribution in [2.75, 3.05) is 27.2 Å². The largest absolute Gasteiger partial charge is 0.378 e. The Morgan fingerprint density at radius 2 is 2.24 bits per heavy atom. The number of likely N-dealkylation sites (tertiary alicyclic amines) is 1. The van der Waals surface area contributed by atoms with Crippen molar-refractivity contribution in [2.45, 2.75) is 44.9 Å². The zero-order valence-electron chi connectivity index (χ0n) is 13.5. The van der Waals surface area contributed by atoms with Gasteiger partial charge in [0.2, 0.25) is 0 Å². The Morgan fingerprint density at radius 1 is 1.48 bits per heavy atom. The summed E-state index contributed by atoms with van der Waals surface area (Å²) in [6.45, 7) is 6.74. The third-order valence-corrected chi connectivity index (χ3v) is 4.76. The Labute approximate surface area is 132 Å². The van der Waals surface area contributed by atoms with Gasteiger partial charge in [-0.25, -0.2) is 0 Å². The molecule has 0 aliphatic carbocycles. The van der Waals surface area contributed by atoms with Crippen LogP contribution in [0.15, 0.2) is 12.1 Å². The zero-order valence-corrected chi connectivity index (χ0v) is 14.3. The fraction of sp³-hybridized carbons (Fsp3) is 0.647. The Hall–Kier alpha value is -0.860. The molecule has 2 heterocycles. The maximum absolute atomic E-state index is 9.63. The minimum atomic E-state index is -0.923.